The molecule has 0 unspecified atom stereocenters. The predicted octanol–water partition coefficient (Wildman–Crippen LogP) is 4.02. The van der Waals surface area contributed by atoms with Gasteiger partial charge in [-0.05, 0) is 29.5 Å². The quantitative estimate of drug-likeness (QED) is 0.452. The summed E-state index contributed by atoms with van der Waals surface area (Å²) >= 11 is 0. The van der Waals surface area contributed by atoms with E-state index in [0.29, 0.717) is 28.1 Å². The molecule has 1 heterocycles. The second-order valence-electron chi connectivity index (χ2n) is 6.48. The van der Waals surface area contributed by atoms with Crippen LogP contribution in [0, 0.1) is 11.6 Å². The Balaban J connectivity index is 1.41. The Morgan fingerprint density at radius 3 is 2.17 bits per heavy atom. The van der Waals surface area contributed by atoms with Crippen molar-refractivity contribution in [3.63, 3.8) is 0 Å². The van der Waals surface area contributed by atoms with Gasteiger partial charge in [0.2, 0.25) is 5.82 Å². The number of aromatic nitrogens is 4. The van der Waals surface area contributed by atoms with E-state index in [1.165, 1.54) is 16.9 Å². The first kappa shape index (κ1) is 19.4. The van der Waals surface area contributed by atoms with Crippen LogP contribution in [-0.4, -0.2) is 26.2 Å². The largest absolute Gasteiger partial charge is 0.457 e. The molecule has 0 bridgehead atoms. The van der Waals surface area contributed by atoms with E-state index in [0.717, 1.165) is 0 Å². The number of benzene rings is 3. The molecule has 30 heavy (non-hydrogen) atoms. The van der Waals surface area contributed by atoms with Crippen molar-refractivity contribution in [2.45, 2.75) is 13.2 Å². The number of hydrogen-bond donors (Lipinski definition) is 0. The molecule has 0 atom stereocenters. The van der Waals surface area contributed by atoms with E-state index >= 15 is 0 Å². The molecule has 4 aromatic rings. The number of rotatable bonds is 6. The number of hydrogen-bond acceptors (Lipinski definition) is 5. The number of esters is 1. The zero-order chi connectivity index (χ0) is 20.9. The fourth-order valence-corrected chi connectivity index (χ4v) is 2.80. The Morgan fingerprint density at radius 2 is 1.50 bits per heavy atom. The van der Waals surface area contributed by atoms with Gasteiger partial charge in [-0.2, -0.15) is 4.80 Å². The number of carbonyl (C=O) groups is 1. The van der Waals surface area contributed by atoms with Crippen molar-refractivity contribution in [2.75, 3.05) is 0 Å². The van der Waals surface area contributed by atoms with Crippen LogP contribution in [0.5, 0.6) is 0 Å². The van der Waals surface area contributed by atoms with Crippen LogP contribution in [0.15, 0.2) is 72.8 Å². The Bertz CT molecular complexity index is 1180. The lowest BCUT2D eigenvalue weighted by Crippen LogP contribution is -2.06. The second kappa shape index (κ2) is 8.60. The average Bonchev–Trinajstić information content (AvgIpc) is 3.23. The molecule has 8 heteroatoms. The van der Waals surface area contributed by atoms with E-state index in [1.807, 2.05) is 0 Å². The van der Waals surface area contributed by atoms with Crippen molar-refractivity contribution in [3.8, 4) is 11.4 Å². The Labute approximate surface area is 170 Å². The molecular formula is C22H16F2N4O2. The lowest BCUT2D eigenvalue weighted by atomic mass is 10.1. The topological polar surface area (TPSA) is 69.9 Å². The summed E-state index contributed by atoms with van der Waals surface area (Å²) < 4.78 is 32.5. The third-order valence-corrected chi connectivity index (χ3v) is 4.42. The molecule has 0 aliphatic heterocycles. The normalized spacial score (nSPS) is 10.7. The van der Waals surface area contributed by atoms with Gasteiger partial charge in [0.25, 0.3) is 0 Å². The molecule has 0 N–H and O–H groups in total. The summed E-state index contributed by atoms with van der Waals surface area (Å²) in [5.74, 6) is -0.988. The molecule has 0 aliphatic rings. The zero-order valence-corrected chi connectivity index (χ0v) is 15.7. The third-order valence-electron chi connectivity index (χ3n) is 4.42. The highest BCUT2D eigenvalue weighted by Gasteiger charge is 2.12. The first-order valence-corrected chi connectivity index (χ1v) is 9.12. The number of halogens is 2. The fourth-order valence-electron chi connectivity index (χ4n) is 2.80. The molecule has 150 valence electrons. The minimum absolute atomic E-state index is 0.153. The van der Waals surface area contributed by atoms with Crippen LogP contribution in [0.3, 0.4) is 0 Å². The van der Waals surface area contributed by atoms with Crippen LogP contribution in [-0.2, 0) is 17.9 Å². The van der Waals surface area contributed by atoms with Gasteiger partial charge in [0.05, 0.1) is 12.1 Å². The van der Waals surface area contributed by atoms with Crippen molar-refractivity contribution in [1.29, 1.82) is 0 Å². The van der Waals surface area contributed by atoms with Crippen molar-refractivity contribution < 1.29 is 18.3 Å². The van der Waals surface area contributed by atoms with Gasteiger partial charge < -0.3 is 4.74 Å². The SMILES string of the molecule is O=C(OCc1ccccc1F)c1ccc(-c2nnn(Cc3ccccc3F)n2)cc1. The average molecular weight is 406 g/mol. The minimum atomic E-state index is -0.569. The van der Waals surface area contributed by atoms with Gasteiger partial charge in [0.15, 0.2) is 0 Å². The summed E-state index contributed by atoms with van der Waals surface area (Å²) in [5.41, 5.74) is 1.71. The number of tetrazole rings is 1. The number of nitrogens with zero attached hydrogens (tertiary/aromatic N) is 4. The Hall–Kier alpha value is -3.94. The van der Waals surface area contributed by atoms with E-state index in [2.05, 4.69) is 15.4 Å². The highest BCUT2D eigenvalue weighted by molar-refractivity contribution is 5.89. The van der Waals surface area contributed by atoms with Gasteiger partial charge in [-0.25, -0.2) is 13.6 Å². The van der Waals surface area contributed by atoms with Gasteiger partial charge in [-0.3, -0.25) is 0 Å². The maximum absolute atomic E-state index is 13.8. The van der Waals surface area contributed by atoms with E-state index in [9.17, 15) is 13.6 Å². The zero-order valence-electron chi connectivity index (χ0n) is 15.7. The van der Waals surface area contributed by atoms with E-state index in [1.54, 1.807) is 60.7 Å². The van der Waals surface area contributed by atoms with E-state index < -0.39 is 11.8 Å². The summed E-state index contributed by atoms with van der Waals surface area (Å²) in [7, 11) is 0. The summed E-state index contributed by atoms with van der Waals surface area (Å²) in [4.78, 5) is 13.5. The molecule has 0 saturated heterocycles. The monoisotopic (exact) mass is 406 g/mol. The number of carbonyl (C=O) groups excluding carboxylic acids is 1. The second-order valence-corrected chi connectivity index (χ2v) is 6.48. The summed E-state index contributed by atoms with van der Waals surface area (Å²) in [6.07, 6.45) is 0. The van der Waals surface area contributed by atoms with E-state index in [4.69, 9.17) is 4.74 Å². The highest BCUT2D eigenvalue weighted by atomic mass is 19.1. The highest BCUT2D eigenvalue weighted by Crippen LogP contribution is 2.17. The maximum Gasteiger partial charge on any atom is 0.338 e. The van der Waals surface area contributed by atoms with Crippen LogP contribution < -0.4 is 0 Å². The van der Waals surface area contributed by atoms with Gasteiger partial charge in [-0.1, -0.05) is 48.5 Å². The minimum Gasteiger partial charge on any atom is -0.457 e. The first-order chi connectivity index (χ1) is 14.6. The molecule has 0 radical (unpaired) electrons. The maximum atomic E-state index is 13.8. The summed E-state index contributed by atoms with van der Waals surface area (Å²) in [5, 5.41) is 12.2. The van der Waals surface area contributed by atoms with Crippen LogP contribution >= 0.6 is 0 Å². The van der Waals surface area contributed by atoms with Crippen LogP contribution in [0.4, 0.5) is 8.78 Å². The number of ether oxygens (including phenoxy) is 1. The van der Waals surface area contributed by atoms with E-state index in [-0.39, 0.29) is 19.0 Å². The smallest absolute Gasteiger partial charge is 0.338 e. The predicted molar refractivity (Wildman–Crippen MR) is 104 cm³/mol. The molecule has 0 fully saturated rings. The summed E-state index contributed by atoms with van der Waals surface area (Å²) in [6, 6.07) is 18.9. The van der Waals surface area contributed by atoms with Crippen molar-refractivity contribution in [2.24, 2.45) is 0 Å². The molecule has 0 amide bonds. The van der Waals surface area contributed by atoms with Crippen LogP contribution in [0.2, 0.25) is 0 Å². The van der Waals surface area contributed by atoms with Crippen molar-refractivity contribution in [3.05, 3.63) is 101 Å². The molecule has 3 aromatic carbocycles. The van der Waals surface area contributed by atoms with Gasteiger partial charge in [0, 0.05) is 16.7 Å². The lowest BCUT2D eigenvalue weighted by Gasteiger charge is -2.06. The van der Waals surface area contributed by atoms with Crippen LogP contribution in [0.1, 0.15) is 21.5 Å². The fraction of sp³-hybridized carbons (Fsp3) is 0.0909. The molecule has 0 spiro atoms. The van der Waals surface area contributed by atoms with Crippen molar-refractivity contribution >= 4 is 5.97 Å². The molecule has 6 nitrogen and oxygen atoms in total. The Kier molecular flexibility index (Phi) is 5.56. The third kappa shape index (κ3) is 4.38. The van der Waals surface area contributed by atoms with Gasteiger partial charge in [-0.15, -0.1) is 10.2 Å². The lowest BCUT2D eigenvalue weighted by molar-refractivity contribution is 0.0469. The molecule has 4 rings (SSSR count). The van der Waals surface area contributed by atoms with Crippen LogP contribution in [0.25, 0.3) is 11.4 Å². The molecule has 1 aromatic heterocycles. The van der Waals surface area contributed by atoms with Gasteiger partial charge in [0.1, 0.15) is 18.2 Å². The van der Waals surface area contributed by atoms with Crippen molar-refractivity contribution in [1.82, 2.24) is 20.2 Å². The molecule has 0 saturated carbocycles. The standard InChI is InChI=1S/C22H16F2N4O2/c23-19-7-3-1-5-17(19)13-28-26-21(25-27-28)15-9-11-16(12-10-15)22(29)30-14-18-6-2-4-8-20(18)24/h1-12H,13-14H2. The molecular weight excluding hydrogens is 390 g/mol. The van der Waals surface area contributed by atoms with Gasteiger partial charge >= 0.3 is 5.97 Å². The summed E-state index contributed by atoms with van der Waals surface area (Å²) in [6.45, 7) is -0.000681. The Morgan fingerprint density at radius 1 is 0.867 bits per heavy atom. The molecule has 0 aliphatic carbocycles. The first-order valence-electron chi connectivity index (χ1n) is 9.12.